The number of aromatic nitrogens is 5. The molecule has 22 heavy (non-hydrogen) atoms. The van der Waals surface area contributed by atoms with Gasteiger partial charge in [-0.15, -0.1) is 0 Å². The highest BCUT2D eigenvalue weighted by Crippen LogP contribution is 2.29. The van der Waals surface area contributed by atoms with Crippen molar-refractivity contribution in [2.24, 2.45) is 7.05 Å². The van der Waals surface area contributed by atoms with Crippen molar-refractivity contribution in [3.8, 4) is 11.6 Å². The summed E-state index contributed by atoms with van der Waals surface area (Å²) in [6, 6.07) is 0.222. The van der Waals surface area contributed by atoms with Crippen molar-refractivity contribution in [1.82, 2.24) is 30.0 Å². The van der Waals surface area contributed by atoms with Crippen LogP contribution in [0.4, 0.5) is 0 Å². The van der Waals surface area contributed by atoms with Crippen molar-refractivity contribution in [3.63, 3.8) is 0 Å². The molecule has 0 radical (unpaired) electrons. The standard InChI is InChI=1S/C13H14N6O2S/c1-6-15-9(18-21-6)10-17-12-8(13(20)19(10)2)16-11(22-12)7-4-3-5-14-7/h7,14H,3-5H2,1-2H3/t7-/m1/s1. The largest absolute Gasteiger partial charge is 0.339 e. The third kappa shape index (κ3) is 2.04. The van der Waals surface area contributed by atoms with Gasteiger partial charge < -0.3 is 9.84 Å². The molecule has 1 N–H and O–H groups in total. The highest BCUT2D eigenvalue weighted by molar-refractivity contribution is 7.18. The van der Waals surface area contributed by atoms with E-state index in [2.05, 4.69) is 25.4 Å². The SMILES string of the molecule is Cc1nc(-c2nc3sc([C@H]4CCCN4)nc3c(=O)n2C)no1. The van der Waals surface area contributed by atoms with Gasteiger partial charge in [-0.2, -0.15) is 4.98 Å². The molecule has 3 aromatic rings. The van der Waals surface area contributed by atoms with Crippen molar-refractivity contribution >= 4 is 21.7 Å². The Balaban J connectivity index is 1.89. The molecule has 0 aromatic carbocycles. The lowest BCUT2D eigenvalue weighted by Gasteiger charge is -2.03. The molecule has 1 aliphatic rings. The topological polar surface area (TPSA) is 98.7 Å². The van der Waals surface area contributed by atoms with Gasteiger partial charge in [0.05, 0.1) is 6.04 Å². The number of hydrogen-bond acceptors (Lipinski definition) is 8. The van der Waals surface area contributed by atoms with E-state index in [0.717, 1.165) is 24.4 Å². The summed E-state index contributed by atoms with van der Waals surface area (Å²) in [4.78, 5) is 26.3. The second kappa shape index (κ2) is 4.96. The summed E-state index contributed by atoms with van der Waals surface area (Å²) >= 11 is 1.45. The van der Waals surface area contributed by atoms with Gasteiger partial charge in [0.25, 0.3) is 5.56 Å². The maximum Gasteiger partial charge on any atom is 0.281 e. The molecule has 1 saturated heterocycles. The minimum atomic E-state index is -0.192. The van der Waals surface area contributed by atoms with Gasteiger partial charge >= 0.3 is 0 Å². The lowest BCUT2D eigenvalue weighted by Crippen LogP contribution is -2.20. The molecular formula is C13H14N6O2S. The Morgan fingerprint density at radius 3 is 2.91 bits per heavy atom. The summed E-state index contributed by atoms with van der Waals surface area (Å²) in [7, 11) is 1.64. The zero-order chi connectivity index (χ0) is 15.3. The Bertz CT molecular complexity index is 905. The number of fused-ring (bicyclic) bond motifs is 1. The van der Waals surface area contributed by atoms with Crippen LogP contribution in [0.5, 0.6) is 0 Å². The van der Waals surface area contributed by atoms with E-state index in [1.165, 1.54) is 15.9 Å². The van der Waals surface area contributed by atoms with E-state index in [9.17, 15) is 4.79 Å². The molecule has 8 nitrogen and oxygen atoms in total. The second-order valence-electron chi connectivity index (χ2n) is 5.29. The fourth-order valence-corrected chi connectivity index (χ4v) is 3.64. The molecule has 3 aromatic heterocycles. The van der Waals surface area contributed by atoms with Gasteiger partial charge in [0, 0.05) is 14.0 Å². The maximum atomic E-state index is 12.5. The number of aryl methyl sites for hydroxylation is 1. The molecule has 0 unspecified atom stereocenters. The van der Waals surface area contributed by atoms with Crippen LogP contribution >= 0.6 is 11.3 Å². The van der Waals surface area contributed by atoms with Crippen molar-refractivity contribution in [1.29, 1.82) is 0 Å². The van der Waals surface area contributed by atoms with Crippen molar-refractivity contribution in [2.45, 2.75) is 25.8 Å². The Labute approximate surface area is 129 Å². The third-order valence-electron chi connectivity index (χ3n) is 3.74. The van der Waals surface area contributed by atoms with E-state index >= 15 is 0 Å². The molecule has 4 heterocycles. The van der Waals surface area contributed by atoms with Crippen LogP contribution in [0.3, 0.4) is 0 Å². The summed E-state index contributed by atoms with van der Waals surface area (Å²) in [6.45, 7) is 2.68. The number of rotatable bonds is 2. The lowest BCUT2D eigenvalue weighted by atomic mass is 10.2. The summed E-state index contributed by atoms with van der Waals surface area (Å²) in [5.41, 5.74) is 0.211. The average Bonchev–Trinajstić information content (AvgIpc) is 3.21. The van der Waals surface area contributed by atoms with Crippen LogP contribution in [0, 0.1) is 6.92 Å². The Hall–Kier alpha value is -2.13. The fourth-order valence-electron chi connectivity index (χ4n) is 2.60. The maximum absolute atomic E-state index is 12.5. The van der Waals surface area contributed by atoms with Gasteiger partial charge in [0.1, 0.15) is 5.01 Å². The van der Waals surface area contributed by atoms with E-state index in [-0.39, 0.29) is 11.6 Å². The van der Waals surface area contributed by atoms with Gasteiger partial charge in [-0.25, -0.2) is 9.97 Å². The van der Waals surface area contributed by atoms with Gasteiger partial charge in [-0.3, -0.25) is 9.36 Å². The van der Waals surface area contributed by atoms with Crippen LogP contribution in [0.2, 0.25) is 0 Å². The molecule has 0 spiro atoms. The quantitative estimate of drug-likeness (QED) is 0.757. The van der Waals surface area contributed by atoms with Gasteiger partial charge in [0.2, 0.25) is 11.7 Å². The summed E-state index contributed by atoms with van der Waals surface area (Å²) in [5.74, 6) is 1.14. The Morgan fingerprint density at radius 2 is 2.23 bits per heavy atom. The van der Waals surface area contributed by atoms with Crippen LogP contribution in [0.15, 0.2) is 9.32 Å². The fraction of sp³-hybridized carbons (Fsp3) is 0.462. The van der Waals surface area contributed by atoms with Crippen LogP contribution in [0.1, 0.15) is 29.8 Å². The molecule has 1 atom stereocenters. The van der Waals surface area contributed by atoms with Crippen LogP contribution < -0.4 is 10.9 Å². The molecule has 0 saturated carbocycles. The molecule has 0 bridgehead atoms. The molecule has 0 amide bonds. The normalized spacial score (nSPS) is 18.4. The smallest absolute Gasteiger partial charge is 0.281 e. The first kappa shape index (κ1) is 13.5. The molecule has 9 heteroatoms. The number of thiazole rings is 1. The van der Waals surface area contributed by atoms with Gasteiger partial charge in [-0.1, -0.05) is 16.5 Å². The highest BCUT2D eigenvalue weighted by atomic mass is 32.1. The molecule has 1 fully saturated rings. The molecule has 1 aliphatic heterocycles. The first-order valence-electron chi connectivity index (χ1n) is 7.05. The van der Waals surface area contributed by atoms with Crippen LogP contribution in [-0.4, -0.2) is 31.2 Å². The van der Waals surface area contributed by atoms with Gasteiger partial charge in [0.15, 0.2) is 16.2 Å². The summed E-state index contributed by atoms with van der Waals surface area (Å²) < 4.78 is 6.39. The summed E-state index contributed by atoms with van der Waals surface area (Å²) in [6.07, 6.45) is 2.16. The van der Waals surface area contributed by atoms with Crippen molar-refractivity contribution in [2.75, 3.05) is 6.54 Å². The average molecular weight is 318 g/mol. The molecule has 0 aliphatic carbocycles. The zero-order valence-corrected chi connectivity index (χ0v) is 13.0. The van der Waals surface area contributed by atoms with E-state index in [1.807, 2.05) is 0 Å². The van der Waals surface area contributed by atoms with Gasteiger partial charge in [-0.05, 0) is 19.4 Å². The highest BCUT2D eigenvalue weighted by Gasteiger charge is 2.23. The predicted octanol–water partition coefficient (Wildman–Crippen LogP) is 1.17. The monoisotopic (exact) mass is 318 g/mol. The van der Waals surface area contributed by atoms with E-state index in [0.29, 0.717) is 27.9 Å². The van der Waals surface area contributed by atoms with E-state index in [1.54, 1.807) is 14.0 Å². The number of nitrogens with zero attached hydrogens (tertiary/aromatic N) is 5. The van der Waals surface area contributed by atoms with Crippen LogP contribution in [-0.2, 0) is 7.05 Å². The number of hydrogen-bond donors (Lipinski definition) is 1. The number of nitrogens with one attached hydrogen (secondary N) is 1. The van der Waals surface area contributed by atoms with Crippen LogP contribution in [0.25, 0.3) is 22.0 Å². The molecule has 114 valence electrons. The summed E-state index contributed by atoms with van der Waals surface area (Å²) in [5, 5.41) is 8.15. The van der Waals surface area contributed by atoms with Crippen molar-refractivity contribution < 1.29 is 4.52 Å². The molecular weight excluding hydrogens is 304 g/mol. The first-order valence-corrected chi connectivity index (χ1v) is 7.86. The third-order valence-corrected chi connectivity index (χ3v) is 4.81. The Kier molecular flexibility index (Phi) is 3.05. The lowest BCUT2D eigenvalue weighted by molar-refractivity contribution is 0.394. The van der Waals surface area contributed by atoms with E-state index < -0.39 is 0 Å². The first-order chi connectivity index (χ1) is 10.6. The predicted molar refractivity (Wildman–Crippen MR) is 80.7 cm³/mol. The zero-order valence-electron chi connectivity index (χ0n) is 12.2. The second-order valence-corrected chi connectivity index (χ2v) is 6.30. The minimum absolute atomic E-state index is 0.192. The van der Waals surface area contributed by atoms with Crippen molar-refractivity contribution in [3.05, 3.63) is 21.3 Å². The molecule has 4 rings (SSSR count). The minimum Gasteiger partial charge on any atom is -0.339 e. The van der Waals surface area contributed by atoms with E-state index in [4.69, 9.17) is 4.52 Å². The Morgan fingerprint density at radius 1 is 1.36 bits per heavy atom.